The fourth-order valence-corrected chi connectivity index (χ4v) is 1.84. The monoisotopic (exact) mass is 275 g/mol. The van der Waals surface area contributed by atoms with Crippen LogP contribution in [0.1, 0.15) is 16.8 Å². The summed E-state index contributed by atoms with van der Waals surface area (Å²) in [4.78, 5) is 4.67. The van der Waals surface area contributed by atoms with Crippen LogP contribution in [0.3, 0.4) is 0 Å². The molecular formula is C14H14FN3S. The van der Waals surface area contributed by atoms with Crippen LogP contribution in [-0.2, 0) is 6.54 Å². The highest BCUT2D eigenvalue weighted by molar-refractivity contribution is 7.80. The third-order valence-corrected chi connectivity index (χ3v) is 2.89. The predicted octanol–water partition coefficient (Wildman–Crippen LogP) is 2.78. The van der Waals surface area contributed by atoms with Gasteiger partial charge in [-0.2, -0.15) is 0 Å². The highest BCUT2D eigenvalue weighted by Gasteiger charge is 2.06. The first-order valence-electron chi connectivity index (χ1n) is 5.82. The number of aromatic nitrogens is 1. The molecule has 0 aliphatic carbocycles. The minimum Gasteiger partial charge on any atom is -0.389 e. The summed E-state index contributed by atoms with van der Waals surface area (Å²) < 4.78 is 12.8. The zero-order valence-corrected chi connectivity index (χ0v) is 11.3. The van der Waals surface area contributed by atoms with Gasteiger partial charge < -0.3 is 11.1 Å². The standard InChI is InChI=1S/C14H14FN3S/c1-9-2-7-12(13(16)19)14(18-9)17-8-10-3-5-11(15)6-4-10/h2-7H,8H2,1H3,(H2,16,19)(H,17,18). The third kappa shape index (κ3) is 3.48. The van der Waals surface area contributed by atoms with Crippen molar-refractivity contribution in [1.82, 2.24) is 4.98 Å². The Labute approximate surface area is 116 Å². The number of benzene rings is 1. The number of halogens is 1. The van der Waals surface area contributed by atoms with Gasteiger partial charge in [-0.05, 0) is 36.8 Å². The number of nitrogens with zero attached hydrogens (tertiary/aromatic N) is 1. The van der Waals surface area contributed by atoms with E-state index in [1.807, 2.05) is 19.1 Å². The minimum atomic E-state index is -0.249. The summed E-state index contributed by atoms with van der Waals surface area (Å²) in [6.45, 7) is 2.43. The molecule has 19 heavy (non-hydrogen) atoms. The second-order valence-corrected chi connectivity index (χ2v) is 4.63. The largest absolute Gasteiger partial charge is 0.389 e. The lowest BCUT2D eigenvalue weighted by Crippen LogP contribution is -2.14. The molecule has 0 amide bonds. The first-order chi connectivity index (χ1) is 9.06. The van der Waals surface area contributed by atoms with Gasteiger partial charge in [-0.3, -0.25) is 0 Å². The highest BCUT2D eigenvalue weighted by Crippen LogP contribution is 2.15. The van der Waals surface area contributed by atoms with Crippen LogP contribution >= 0.6 is 12.2 Å². The third-order valence-electron chi connectivity index (χ3n) is 2.67. The van der Waals surface area contributed by atoms with Crippen molar-refractivity contribution in [3.05, 3.63) is 59.0 Å². The number of nitrogens with one attached hydrogen (secondary N) is 1. The van der Waals surface area contributed by atoms with Gasteiger partial charge >= 0.3 is 0 Å². The van der Waals surface area contributed by atoms with Gasteiger partial charge in [0.2, 0.25) is 0 Å². The van der Waals surface area contributed by atoms with Crippen LogP contribution in [0.5, 0.6) is 0 Å². The lowest BCUT2D eigenvalue weighted by Gasteiger charge is -2.11. The number of hydrogen-bond donors (Lipinski definition) is 2. The summed E-state index contributed by atoms with van der Waals surface area (Å²) in [7, 11) is 0. The lowest BCUT2D eigenvalue weighted by atomic mass is 10.2. The second kappa shape index (κ2) is 5.75. The molecule has 5 heteroatoms. The highest BCUT2D eigenvalue weighted by atomic mass is 32.1. The maximum absolute atomic E-state index is 12.8. The summed E-state index contributed by atoms with van der Waals surface area (Å²) in [6.07, 6.45) is 0. The second-order valence-electron chi connectivity index (χ2n) is 4.19. The van der Waals surface area contributed by atoms with E-state index < -0.39 is 0 Å². The van der Waals surface area contributed by atoms with Crippen molar-refractivity contribution in [3.63, 3.8) is 0 Å². The van der Waals surface area contributed by atoms with Crippen molar-refractivity contribution >= 4 is 23.0 Å². The number of nitrogens with two attached hydrogens (primary N) is 1. The summed E-state index contributed by atoms with van der Waals surface area (Å²) >= 11 is 4.99. The number of anilines is 1. The molecule has 3 nitrogen and oxygen atoms in total. The molecule has 1 aromatic heterocycles. The summed E-state index contributed by atoms with van der Waals surface area (Å²) in [5.41, 5.74) is 8.20. The van der Waals surface area contributed by atoms with E-state index in [-0.39, 0.29) is 5.82 Å². The fraction of sp³-hybridized carbons (Fsp3) is 0.143. The van der Waals surface area contributed by atoms with E-state index in [9.17, 15) is 4.39 Å². The van der Waals surface area contributed by atoms with Crippen LogP contribution in [0, 0.1) is 12.7 Å². The normalized spacial score (nSPS) is 10.2. The van der Waals surface area contributed by atoms with Crippen LogP contribution in [0.2, 0.25) is 0 Å². The van der Waals surface area contributed by atoms with Gasteiger partial charge in [0.15, 0.2) is 0 Å². The molecule has 2 aromatic rings. The minimum absolute atomic E-state index is 0.249. The molecule has 2 rings (SSSR count). The van der Waals surface area contributed by atoms with E-state index in [4.69, 9.17) is 18.0 Å². The van der Waals surface area contributed by atoms with Crippen molar-refractivity contribution < 1.29 is 4.39 Å². The Bertz CT molecular complexity index is 596. The van der Waals surface area contributed by atoms with Gasteiger partial charge in [0.05, 0.1) is 5.56 Å². The van der Waals surface area contributed by atoms with E-state index >= 15 is 0 Å². The molecule has 0 atom stereocenters. The molecule has 0 unspecified atom stereocenters. The Morgan fingerprint density at radius 1 is 1.26 bits per heavy atom. The van der Waals surface area contributed by atoms with Gasteiger partial charge in [-0.25, -0.2) is 9.37 Å². The molecule has 0 aliphatic rings. The Morgan fingerprint density at radius 3 is 2.58 bits per heavy atom. The molecule has 0 saturated heterocycles. The smallest absolute Gasteiger partial charge is 0.136 e. The summed E-state index contributed by atoms with van der Waals surface area (Å²) in [5, 5.41) is 3.17. The summed E-state index contributed by atoms with van der Waals surface area (Å²) in [5.74, 6) is 0.401. The number of thiocarbonyl (C=S) groups is 1. The predicted molar refractivity (Wildman–Crippen MR) is 78.6 cm³/mol. The van der Waals surface area contributed by atoms with Crippen LogP contribution in [0.15, 0.2) is 36.4 Å². The van der Waals surface area contributed by atoms with Crippen molar-refractivity contribution in [2.45, 2.75) is 13.5 Å². The van der Waals surface area contributed by atoms with Crippen LogP contribution in [0.4, 0.5) is 10.2 Å². The Balaban J connectivity index is 2.16. The number of pyridine rings is 1. The molecule has 0 bridgehead atoms. The molecule has 0 spiro atoms. The maximum atomic E-state index is 12.8. The zero-order valence-electron chi connectivity index (χ0n) is 10.5. The first-order valence-corrected chi connectivity index (χ1v) is 6.23. The molecular weight excluding hydrogens is 261 g/mol. The SMILES string of the molecule is Cc1ccc(C(N)=S)c(NCc2ccc(F)cc2)n1. The molecule has 1 aromatic carbocycles. The molecule has 98 valence electrons. The van der Waals surface area contributed by atoms with Crippen LogP contribution < -0.4 is 11.1 Å². The number of rotatable bonds is 4. The number of hydrogen-bond acceptors (Lipinski definition) is 3. The Hall–Kier alpha value is -2.01. The Morgan fingerprint density at radius 2 is 1.95 bits per heavy atom. The molecule has 1 heterocycles. The fourth-order valence-electron chi connectivity index (χ4n) is 1.68. The van der Waals surface area contributed by atoms with Gasteiger partial charge in [-0.15, -0.1) is 0 Å². The quantitative estimate of drug-likeness (QED) is 0.842. The number of aryl methyl sites for hydroxylation is 1. The van der Waals surface area contributed by atoms with Gasteiger partial charge in [0.25, 0.3) is 0 Å². The van der Waals surface area contributed by atoms with E-state index in [0.29, 0.717) is 22.9 Å². The van der Waals surface area contributed by atoms with Crippen molar-refractivity contribution in [2.24, 2.45) is 5.73 Å². The van der Waals surface area contributed by atoms with Crippen LogP contribution in [0.25, 0.3) is 0 Å². The van der Waals surface area contributed by atoms with Gasteiger partial charge in [-0.1, -0.05) is 24.4 Å². The summed E-state index contributed by atoms with van der Waals surface area (Å²) in [6, 6.07) is 10.00. The van der Waals surface area contributed by atoms with Crippen molar-refractivity contribution in [3.8, 4) is 0 Å². The zero-order chi connectivity index (χ0) is 13.8. The van der Waals surface area contributed by atoms with Crippen molar-refractivity contribution in [1.29, 1.82) is 0 Å². The lowest BCUT2D eigenvalue weighted by molar-refractivity contribution is 0.627. The molecule has 0 radical (unpaired) electrons. The van der Waals surface area contributed by atoms with E-state index in [0.717, 1.165) is 11.3 Å². The first kappa shape index (κ1) is 13.4. The van der Waals surface area contributed by atoms with Crippen LogP contribution in [-0.4, -0.2) is 9.97 Å². The van der Waals surface area contributed by atoms with E-state index in [1.165, 1.54) is 12.1 Å². The maximum Gasteiger partial charge on any atom is 0.136 e. The average molecular weight is 275 g/mol. The molecule has 0 aliphatic heterocycles. The van der Waals surface area contributed by atoms with E-state index in [2.05, 4.69) is 10.3 Å². The topological polar surface area (TPSA) is 50.9 Å². The Kier molecular flexibility index (Phi) is 4.06. The molecule has 3 N–H and O–H groups in total. The molecule has 0 fully saturated rings. The van der Waals surface area contributed by atoms with E-state index in [1.54, 1.807) is 12.1 Å². The van der Waals surface area contributed by atoms with Gasteiger partial charge in [0, 0.05) is 12.2 Å². The molecule has 0 saturated carbocycles. The van der Waals surface area contributed by atoms with Gasteiger partial charge in [0.1, 0.15) is 16.6 Å². The average Bonchev–Trinajstić information content (AvgIpc) is 2.38. The van der Waals surface area contributed by atoms with Crippen molar-refractivity contribution in [2.75, 3.05) is 5.32 Å².